The van der Waals surface area contributed by atoms with Crippen LogP contribution in [0.4, 0.5) is 5.69 Å². The van der Waals surface area contributed by atoms with Crippen molar-refractivity contribution in [1.29, 1.82) is 0 Å². The second kappa shape index (κ2) is 5.89. The molecule has 0 radical (unpaired) electrons. The number of methoxy groups -OCH3 is 1. The van der Waals surface area contributed by atoms with Crippen LogP contribution in [0.3, 0.4) is 0 Å². The molecule has 17 heavy (non-hydrogen) atoms. The fraction of sp³-hybridized carbons (Fsp3) is 0.333. The van der Waals surface area contributed by atoms with Gasteiger partial charge >= 0.3 is 5.97 Å². The molecule has 0 aliphatic carbocycles. The van der Waals surface area contributed by atoms with E-state index >= 15 is 0 Å². The molecule has 5 heteroatoms. The number of primary amides is 1. The Morgan fingerprint density at radius 1 is 1.41 bits per heavy atom. The molecule has 0 fully saturated rings. The highest BCUT2D eigenvalue weighted by molar-refractivity contribution is 5.81. The summed E-state index contributed by atoms with van der Waals surface area (Å²) in [5, 5.41) is 2.98. The van der Waals surface area contributed by atoms with Gasteiger partial charge < -0.3 is 15.8 Å². The largest absolute Gasteiger partial charge is 0.467 e. The predicted octanol–water partition coefficient (Wildman–Crippen LogP) is 0.688. The molecule has 1 unspecified atom stereocenters. The molecule has 3 N–H and O–H groups in total. The van der Waals surface area contributed by atoms with Crippen LogP contribution in [-0.4, -0.2) is 25.0 Å². The molecule has 1 atom stereocenters. The lowest BCUT2D eigenvalue weighted by Gasteiger charge is -2.15. The first-order valence-electron chi connectivity index (χ1n) is 5.25. The number of carbonyl (C=O) groups is 2. The van der Waals surface area contributed by atoms with Gasteiger partial charge in [-0.3, -0.25) is 4.79 Å². The Labute approximate surface area is 99.9 Å². The highest BCUT2D eigenvalue weighted by Crippen LogP contribution is 2.16. The highest BCUT2D eigenvalue weighted by Gasteiger charge is 2.14. The smallest absolute Gasteiger partial charge is 0.327 e. The van der Waals surface area contributed by atoms with Crippen molar-refractivity contribution in [3.63, 3.8) is 0 Å². The van der Waals surface area contributed by atoms with E-state index in [2.05, 4.69) is 10.1 Å². The molecule has 5 nitrogen and oxygen atoms in total. The van der Waals surface area contributed by atoms with Crippen molar-refractivity contribution < 1.29 is 14.3 Å². The molecular weight excluding hydrogens is 220 g/mol. The zero-order valence-electron chi connectivity index (χ0n) is 9.90. The fourth-order valence-corrected chi connectivity index (χ4v) is 1.47. The molecule has 92 valence electrons. The normalized spacial score (nSPS) is 11.6. The maximum absolute atomic E-state index is 11.3. The molecule has 1 aromatic rings. The van der Waals surface area contributed by atoms with Crippen molar-refractivity contribution in [2.75, 3.05) is 12.4 Å². The van der Waals surface area contributed by atoms with E-state index in [1.807, 2.05) is 12.1 Å². The van der Waals surface area contributed by atoms with E-state index in [-0.39, 0.29) is 12.4 Å². The Kier molecular flexibility index (Phi) is 4.51. The molecule has 0 bridgehead atoms. The molecule has 0 aliphatic heterocycles. The van der Waals surface area contributed by atoms with Crippen LogP contribution in [-0.2, 0) is 20.7 Å². The summed E-state index contributed by atoms with van der Waals surface area (Å²) in [7, 11) is 1.33. The number of benzene rings is 1. The van der Waals surface area contributed by atoms with Crippen molar-refractivity contribution in [3.8, 4) is 0 Å². The van der Waals surface area contributed by atoms with Crippen LogP contribution in [0.2, 0.25) is 0 Å². The van der Waals surface area contributed by atoms with Gasteiger partial charge in [0, 0.05) is 5.69 Å². The van der Waals surface area contributed by atoms with E-state index in [1.165, 1.54) is 7.11 Å². The van der Waals surface area contributed by atoms with Crippen LogP contribution in [0.1, 0.15) is 12.5 Å². The Morgan fingerprint density at radius 2 is 2.06 bits per heavy atom. The van der Waals surface area contributed by atoms with E-state index in [1.54, 1.807) is 19.1 Å². The van der Waals surface area contributed by atoms with Gasteiger partial charge in [0.1, 0.15) is 6.04 Å². The van der Waals surface area contributed by atoms with Gasteiger partial charge in [-0.1, -0.05) is 18.2 Å². The third-order valence-electron chi connectivity index (χ3n) is 2.31. The van der Waals surface area contributed by atoms with E-state index in [4.69, 9.17) is 5.73 Å². The fourth-order valence-electron chi connectivity index (χ4n) is 1.47. The number of ether oxygens (including phenoxy) is 1. The highest BCUT2D eigenvalue weighted by atomic mass is 16.5. The zero-order valence-corrected chi connectivity index (χ0v) is 9.90. The molecule has 1 aromatic carbocycles. The number of rotatable bonds is 5. The first-order valence-corrected chi connectivity index (χ1v) is 5.25. The van der Waals surface area contributed by atoms with Crippen molar-refractivity contribution >= 4 is 17.6 Å². The third kappa shape index (κ3) is 3.79. The molecular formula is C12H16N2O3. The monoisotopic (exact) mass is 236 g/mol. The first kappa shape index (κ1) is 13.0. The molecule has 1 rings (SSSR count). The Bertz CT molecular complexity index is 418. The third-order valence-corrected chi connectivity index (χ3v) is 2.31. The average Bonchev–Trinajstić information content (AvgIpc) is 2.29. The summed E-state index contributed by atoms with van der Waals surface area (Å²) in [6.45, 7) is 1.69. The Balaban J connectivity index is 2.83. The summed E-state index contributed by atoms with van der Waals surface area (Å²) in [5.41, 5.74) is 6.62. The summed E-state index contributed by atoms with van der Waals surface area (Å²) >= 11 is 0. The quantitative estimate of drug-likeness (QED) is 0.737. The molecule has 0 saturated heterocycles. The van der Waals surface area contributed by atoms with Gasteiger partial charge in [-0.05, 0) is 18.6 Å². The number of esters is 1. The van der Waals surface area contributed by atoms with E-state index < -0.39 is 11.9 Å². The first-order chi connectivity index (χ1) is 8.04. The Morgan fingerprint density at radius 3 is 2.65 bits per heavy atom. The van der Waals surface area contributed by atoms with Crippen LogP contribution in [0, 0.1) is 0 Å². The van der Waals surface area contributed by atoms with Gasteiger partial charge in [0.25, 0.3) is 0 Å². The number of para-hydroxylation sites is 1. The average molecular weight is 236 g/mol. The van der Waals surface area contributed by atoms with Gasteiger partial charge in [0.15, 0.2) is 0 Å². The Hall–Kier alpha value is -2.04. The van der Waals surface area contributed by atoms with Gasteiger partial charge in [0.05, 0.1) is 13.5 Å². The second-order valence-corrected chi connectivity index (χ2v) is 3.69. The lowest BCUT2D eigenvalue weighted by atomic mass is 10.1. The van der Waals surface area contributed by atoms with Gasteiger partial charge in [-0.2, -0.15) is 0 Å². The number of hydrogen-bond donors (Lipinski definition) is 2. The lowest BCUT2D eigenvalue weighted by Crippen LogP contribution is -2.28. The van der Waals surface area contributed by atoms with E-state index in [9.17, 15) is 9.59 Å². The van der Waals surface area contributed by atoms with Crippen LogP contribution < -0.4 is 11.1 Å². The summed E-state index contributed by atoms with van der Waals surface area (Å²) in [6.07, 6.45) is 0.136. The molecule has 0 saturated carbocycles. The van der Waals surface area contributed by atoms with E-state index in [0.29, 0.717) is 5.69 Å². The number of hydrogen-bond acceptors (Lipinski definition) is 4. The van der Waals surface area contributed by atoms with Gasteiger partial charge in [-0.25, -0.2) is 4.79 Å². The van der Waals surface area contributed by atoms with Crippen molar-refractivity contribution in [2.45, 2.75) is 19.4 Å². The van der Waals surface area contributed by atoms with Crippen molar-refractivity contribution in [3.05, 3.63) is 29.8 Å². The van der Waals surface area contributed by atoms with Gasteiger partial charge in [-0.15, -0.1) is 0 Å². The van der Waals surface area contributed by atoms with Crippen LogP contribution in [0.25, 0.3) is 0 Å². The lowest BCUT2D eigenvalue weighted by molar-refractivity contribution is -0.141. The van der Waals surface area contributed by atoms with Gasteiger partial charge in [0.2, 0.25) is 5.91 Å². The van der Waals surface area contributed by atoms with E-state index in [0.717, 1.165) is 5.56 Å². The summed E-state index contributed by atoms with van der Waals surface area (Å²) in [4.78, 5) is 22.2. The molecule has 0 spiro atoms. The number of carbonyl (C=O) groups excluding carboxylic acids is 2. The second-order valence-electron chi connectivity index (χ2n) is 3.69. The minimum atomic E-state index is -0.478. The van der Waals surface area contributed by atoms with Crippen LogP contribution >= 0.6 is 0 Å². The molecule has 0 heterocycles. The maximum atomic E-state index is 11.3. The standard InChI is InChI=1S/C12H16N2O3/c1-8(12(16)17-2)14-10-6-4-3-5-9(10)7-11(13)15/h3-6,8,14H,7H2,1-2H3,(H2,13,15). The number of nitrogens with two attached hydrogens (primary N) is 1. The minimum Gasteiger partial charge on any atom is -0.467 e. The summed E-state index contributed by atoms with van der Waals surface area (Å²) in [5.74, 6) is -0.774. The van der Waals surface area contributed by atoms with Crippen molar-refractivity contribution in [2.24, 2.45) is 5.73 Å². The minimum absolute atomic E-state index is 0.136. The number of anilines is 1. The molecule has 0 aromatic heterocycles. The topological polar surface area (TPSA) is 81.4 Å². The summed E-state index contributed by atoms with van der Waals surface area (Å²) in [6, 6.07) is 6.73. The number of amides is 1. The molecule has 1 amide bonds. The zero-order chi connectivity index (χ0) is 12.8. The van der Waals surface area contributed by atoms with Crippen molar-refractivity contribution in [1.82, 2.24) is 0 Å². The number of nitrogens with one attached hydrogen (secondary N) is 1. The van der Waals surface area contributed by atoms with Crippen LogP contribution in [0.5, 0.6) is 0 Å². The SMILES string of the molecule is COC(=O)C(C)Nc1ccccc1CC(N)=O. The predicted molar refractivity (Wildman–Crippen MR) is 64.4 cm³/mol. The van der Waals surface area contributed by atoms with Crippen LogP contribution in [0.15, 0.2) is 24.3 Å². The summed E-state index contributed by atoms with van der Waals surface area (Å²) < 4.78 is 4.61. The maximum Gasteiger partial charge on any atom is 0.327 e. The molecule has 0 aliphatic rings.